The fourth-order valence-corrected chi connectivity index (χ4v) is 4.82. The van der Waals surface area contributed by atoms with E-state index >= 15 is 0 Å². The smallest absolute Gasteiger partial charge is 0.138 e. The zero-order chi connectivity index (χ0) is 19.8. The molecule has 0 N–H and O–H groups in total. The molecule has 154 valence electrons. The van der Waals surface area contributed by atoms with Gasteiger partial charge in [0.25, 0.3) is 0 Å². The predicted molar refractivity (Wildman–Crippen MR) is 128 cm³/mol. The second-order valence-corrected chi connectivity index (χ2v) is 7.94. The van der Waals surface area contributed by atoms with E-state index in [0.29, 0.717) is 0 Å². The number of fused-ring (bicyclic) bond motifs is 2. The van der Waals surface area contributed by atoms with E-state index in [1.165, 1.54) is 38.9 Å². The third-order valence-corrected chi connectivity index (χ3v) is 6.31. The van der Waals surface area contributed by atoms with Gasteiger partial charge in [-0.1, -0.05) is 54.6 Å². The van der Waals surface area contributed by atoms with Crippen LogP contribution in [0.4, 0.5) is 5.82 Å². The third kappa shape index (κ3) is 3.48. The highest BCUT2D eigenvalue weighted by atomic mass is 35.5. The monoisotopic (exact) mass is 417 g/mol. The molecule has 0 spiro atoms. The van der Waals surface area contributed by atoms with Crippen LogP contribution in [0.2, 0.25) is 0 Å². The summed E-state index contributed by atoms with van der Waals surface area (Å²) in [6.07, 6.45) is 4.01. The molecule has 0 saturated heterocycles. The Morgan fingerprint density at radius 3 is 2.43 bits per heavy atom. The van der Waals surface area contributed by atoms with E-state index in [4.69, 9.17) is 4.98 Å². The molecule has 4 aromatic rings. The molecule has 0 bridgehead atoms. The van der Waals surface area contributed by atoms with Gasteiger partial charge in [0, 0.05) is 36.9 Å². The van der Waals surface area contributed by atoms with E-state index in [1.54, 1.807) is 0 Å². The Bertz CT molecular complexity index is 1160. The first-order valence-electron chi connectivity index (χ1n) is 10.6. The van der Waals surface area contributed by atoms with Crippen molar-refractivity contribution in [2.45, 2.75) is 39.8 Å². The minimum Gasteiger partial charge on any atom is -0.351 e. The minimum atomic E-state index is 0. The van der Waals surface area contributed by atoms with Crippen LogP contribution in [-0.2, 0) is 25.9 Å². The van der Waals surface area contributed by atoms with Crippen LogP contribution in [0.5, 0.6) is 0 Å². The van der Waals surface area contributed by atoms with Crippen molar-refractivity contribution in [1.29, 1.82) is 0 Å². The van der Waals surface area contributed by atoms with Crippen LogP contribution in [-0.4, -0.2) is 16.1 Å². The van der Waals surface area contributed by atoms with Gasteiger partial charge in [0.1, 0.15) is 5.82 Å². The van der Waals surface area contributed by atoms with Crippen LogP contribution in [0, 0.1) is 6.92 Å². The third-order valence-electron chi connectivity index (χ3n) is 6.31. The van der Waals surface area contributed by atoms with Crippen LogP contribution in [0.15, 0.2) is 66.9 Å². The van der Waals surface area contributed by atoms with Crippen molar-refractivity contribution in [1.82, 2.24) is 9.55 Å². The predicted octanol–water partition coefficient (Wildman–Crippen LogP) is 5.94. The zero-order valence-electron chi connectivity index (χ0n) is 17.6. The molecule has 3 nitrogen and oxygen atoms in total. The van der Waals surface area contributed by atoms with Crippen molar-refractivity contribution in [2.24, 2.45) is 0 Å². The Balaban J connectivity index is 0.00000218. The van der Waals surface area contributed by atoms with E-state index in [2.05, 4.69) is 84.0 Å². The molecule has 30 heavy (non-hydrogen) atoms. The van der Waals surface area contributed by atoms with Crippen LogP contribution in [0.3, 0.4) is 0 Å². The number of pyridine rings is 1. The topological polar surface area (TPSA) is 21.1 Å². The van der Waals surface area contributed by atoms with Gasteiger partial charge in [-0.2, -0.15) is 0 Å². The van der Waals surface area contributed by atoms with Crippen molar-refractivity contribution in [3.8, 4) is 0 Å². The van der Waals surface area contributed by atoms with Gasteiger partial charge in [-0.3, -0.25) is 0 Å². The highest BCUT2D eigenvalue weighted by molar-refractivity contribution is 5.95. The fraction of sp³-hybridized carbons (Fsp3) is 0.269. The van der Waals surface area contributed by atoms with Crippen LogP contribution in [0.25, 0.3) is 10.9 Å². The molecule has 4 heteroatoms. The van der Waals surface area contributed by atoms with E-state index in [-0.39, 0.29) is 12.4 Å². The molecule has 1 aliphatic rings. The summed E-state index contributed by atoms with van der Waals surface area (Å²) < 4.78 is 2.44. The van der Waals surface area contributed by atoms with E-state index < -0.39 is 0 Å². The zero-order valence-corrected chi connectivity index (χ0v) is 18.5. The molecule has 0 unspecified atom stereocenters. The number of aryl methyl sites for hydroxylation is 1. The number of nitrogens with zero attached hydrogens (tertiary/aromatic N) is 3. The highest BCUT2D eigenvalue weighted by Gasteiger charge is 2.23. The SMILES string of the molecule is CCn1c(C)c(Cc2ccccc2)c2c(N3CCc4ccccc4C3)nccc21.Cl. The summed E-state index contributed by atoms with van der Waals surface area (Å²) in [7, 11) is 0. The highest BCUT2D eigenvalue weighted by Crippen LogP contribution is 2.36. The lowest BCUT2D eigenvalue weighted by Crippen LogP contribution is -2.31. The Labute approximate surface area is 184 Å². The molecule has 2 aromatic carbocycles. The quantitative estimate of drug-likeness (QED) is 0.409. The largest absolute Gasteiger partial charge is 0.351 e. The molecular formula is C26H28ClN3. The number of anilines is 1. The molecule has 1 aliphatic heterocycles. The number of rotatable bonds is 4. The Morgan fingerprint density at radius 2 is 1.67 bits per heavy atom. The molecular weight excluding hydrogens is 390 g/mol. The molecule has 0 radical (unpaired) electrons. The van der Waals surface area contributed by atoms with Crippen molar-refractivity contribution in [2.75, 3.05) is 11.4 Å². The van der Waals surface area contributed by atoms with E-state index in [0.717, 1.165) is 38.3 Å². The molecule has 0 aliphatic carbocycles. The average molecular weight is 418 g/mol. The lowest BCUT2D eigenvalue weighted by atomic mass is 9.98. The number of benzene rings is 2. The lowest BCUT2D eigenvalue weighted by molar-refractivity contribution is 0.723. The van der Waals surface area contributed by atoms with Crippen LogP contribution >= 0.6 is 12.4 Å². The molecule has 2 aromatic heterocycles. The Kier molecular flexibility index (Phi) is 5.83. The van der Waals surface area contributed by atoms with Gasteiger partial charge in [0.15, 0.2) is 0 Å². The van der Waals surface area contributed by atoms with E-state index in [1.807, 2.05) is 6.20 Å². The summed E-state index contributed by atoms with van der Waals surface area (Å²) in [5.74, 6) is 1.14. The molecule has 0 atom stereocenters. The Hall–Kier alpha value is -2.78. The number of hydrogen-bond donors (Lipinski definition) is 0. The Morgan fingerprint density at radius 1 is 0.933 bits per heavy atom. The normalized spacial score (nSPS) is 13.2. The van der Waals surface area contributed by atoms with Crippen molar-refractivity contribution < 1.29 is 0 Å². The standard InChI is InChI=1S/C26H27N3.ClH/c1-3-29-19(2)23(17-20-9-5-4-6-10-20)25-24(29)13-15-27-26(25)28-16-14-21-11-7-8-12-22(21)18-28;/h4-13,15H,3,14,16-18H2,1-2H3;1H. The first-order chi connectivity index (χ1) is 14.3. The first kappa shape index (κ1) is 20.5. The summed E-state index contributed by atoms with van der Waals surface area (Å²) in [5, 5.41) is 1.33. The van der Waals surface area contributed by atoms with Gasteiger partial charge >= 0.3 is 0 Å². The lowest BCUT2D eigenvalue weighted by Gasteiger charge is -2.30. The molecule has 0 saturated carbocycles. The minimum absolute atomic E-state index is 0. The van der Waals surface area contributed by atoms with Gasteiger partial charge < -0.3 is 9.47 Å². The molecule has 5 rings (SSSR count). The molecule has 3 heterocycles. The summed E-state index contributed by atoms with van der Waals surface area (Å²) in [5.41, 5.74) is 8.33. The van der Waals surface area contributed by atoms with Crippen molar-refractivity contribution in [3.05, 3.63) is 94.8 Å². The summed E-state index contributed by atoms with van der Waals surface area (Å²) in [6, 6.07) is 21.8. The molecule has 0 fully saturated rings. The fourth-order valence-electron chi connectivity index (χ4n) is 4.82. The summed E-state index contributed by atoms with van der Waals surface area (Å²) >= 11 is 0. The second kappa shape index (κ2) is 8.53. The van der Waals surface area contributed by atoms with Gasteiger partial charge in [-0.05, 0) is 55.0 Å². The first-order valence-corrected chi connectivity index (χ1v) is 10.6. The number of halogens is 1. The van der Waals surface area contributed by atoms with E-state index in [9.17, 15) is 0 Å². The second-order valence-electron chi connectivity index (χ2n) is 7.94. The maximum Gasteiger partial charge on any atom is 0.138 e. The maximum absolute atomic E-state index is 4.91. The summed E-state index contributed by atoms with van der Waals surface area (Å²) in [4.78, 5) is 7.38. The average Bonchev–Trinajstić information content (AvgIpc) is 3.05. The molecule has 0 amide bonds. The van der Waals surface area contributed by atoms with Gasteiger partial charge in [-0.25, -0.2) is 4.98 Å². The number of hydrogen-bond acceptors (Lipinski definition) is 2. The maximum atomic E-state index is 4.91. The van der Waals surface area contributed by atoms with Crippen molar-refractivity contribution >= 4 is 29.1 Å². The summed E-state index contributed by atoms with van der Waals surface area (Å²) in [6.45, 7) is 7.42. The van der Waals surface area contributed by atoms with Crippen LogP contribution < -0.4 is 4.90 Å². The van der Waals surface area contributed by atoms with Crippen LogP contribution in [0.1, 0.15) is 34.9 Å². The van der Waals surface area contributed by atoms with Gasteiger partial charge in [-0.15, -0.1) is 12.4 Å². The van der Waals surface area contributed by atoms with Gasteiger partial charge in [0.05, 0.1) is 5.52 Å². The van der Waals surface area contributed by atoms with Crippen molar-refractivity contribution in [3.63, 3.8) is 0 Å². The van der Waals surface area contributed by atoms with Gasteiger partial charge in [0.2, 0.25) is 0 Å². The number of aromatic nitrogens is 2.